The number of hydrogen-bond acceptors (Lipinski definition) is 4. The molecule has 20 heavy (non-hydrogen) atoms. The van der Waals surface area contributed by atoms with Gasteiger partial charge in [0.15, 0.2) is 0 Å². The Labute approximate surface area is 126 Å². The van der Waals surface area contributed by atoms with Crippen molar-refractivity contribution in [3.8, 4) is 0 Å². The summed E-state index contributed by atoms with van der Waals surface area (Å²) in [6.07, 6.45) is 4.09. The van der Waals surface area contributed by atoms with Crippen molar-refractivity contribution in [3.63, 3.8) is 0 Å². The Bertz CT molecular complexity index is 574. The number of pyridine rings is 1. The summed E-state index contributed by atoms with van der Waals surface area (Å²) >= 11 is 3.80. The Morgan fingerprint density at radius 2 is 2.40 bits per heavy atom. The maximum absolute atomic E-state index is 14.0. The second-order valence-corrected chi connectivity index (χ2v) is 7.06. The van der Waals surface area contributed by atoms with E-state index in [1.54, 1.807) is 12.3 Å². The van der Waals surface area contributed by atoms with Crippen LogP contribution in [0.25, 0.3) is 0 Å². The van der Waals surface area contributed by atoms with Crippen molar-refractivity contribution in [3.05, 3.63) is 51.2 Å². The van der Waals surface area contributed by atoms with Crippen LogP contribution in [0.3, 0.4) is 0 Å². The molecule has 0 fully saturated rings. The number of nitrogens with one attached hydrogen (secondary N) is 1. The number of aryl methyl sites for hydroxylation is 1. The molecule has 0 bridgehead atoms. The summed E-state index contributed by atoms with van der Waals surface area (Å²) in [5.41, 5.74) is 2.12. The quantitative estimate of drug-likeness (QED) is 0.930. The van der Waals surface area contributed by atoms with Gasteiger partial charge >= 0.3 is 0 Å². The highest BCUT2D eigenvalue weighted by Crippen LogP contribution is 2.36. The average molecular weight is 308 g/mol. The lowest BCUT2D eigenvalue weighted by Crippen LogP contribution is -2.22. The lowest BCUT2D eigenvalue weighted by molar-refractivity contribution is 0.558. The molecular formula is C15H17FN2S2. The predicted octanol–water partition coefficient (Wildman–Crippen LogP) is 3.77. The zero-order valence-corrected chi connectivity index (χ0v) is 13.0. The lowest BCUT2D eigenvalue weighted by atomic mass is 10.1. The second kappa shape index (κ2) is 6.24. The van der Waals surface area contributed by atoms with Crippen LogP contribution in [0.4, 0.5) is 4.39 Å². The van der Waals surface area contributed by atoms with Gasteiger partial charge in [-0.1, -0.05) is 6.92 Å². The van der Waals surface area contributed by atoms with Crippen LogP contribution in [-0.4, -0.2) is 17.3 Å². The lowest BCUT2D eigenvalue weighted by Gasteiger charge is -2.17. The van der Waals surface area contributed by atoms with Gasteiger partial charge in [0, 0.05) is 27.3 Å². The highest BCUT2D eigenvalue weighted by Gasteiger charge is 2.22. The van der Waals surface area contributed by atoms with Crippen LogP contribution in [0.15, 0.2) is 24.5 Å². The molecule has 0 amide bonds. The van der Waals surface area contributed by atoms with E-state index in [-0.39, 0.29) is 11.9 Å². The van der Waals surface area contributed by atoms with Gasteiger partial charge in [0.05, 0.1) is 12.2 Å². The summed E-state index contributed by atoms with van der Waals surface area (Å²) in [5, 5.41) is 3.40. The first kappa shape index (κ1) is 14.0. The van der Waals surface area contributed by atoms with Crippen LogP contribution < -0.4 is 5.32 Å². The first-order chi connectivity index (χ1) is 9.79. The Hall–Kier alpha value is -0.910. The monoisotopic (exact) mass is 308 g/mol. The third-order valence-corrected chi connectivity index (χ3v) is 5.76. The fourth-order valence-electron chi connectivity index (χ4n) is 2.50. The average Bonchev–Trinajstić information content (AvgIpc) is 2.89. The van der Waals surface area contributed by atoms with Gasteiger partial charge < -0.3 is 5.32 Å². The minimum atomic E-state index is -0.237. The third kappa shape index (κ3) is 2.75. The van der Waals surface area contributed by atoms with E-state index in [0.29, 0.717) is 5.56 Å². The molecule has 1 N–H and O–H groups in total. The molecule has 2 nitrogen and oxygen atoms in total. The first-order valence-corrected chi connectivity index (χ1v) is 8.78. The Morgan fingerprint density at radius 1 is 1.50 bits per heavy atom. The second-order valence-electron chi connectivity index (χ2n) is 4.79. The number of nitrogens with zero attached hydrogens (tertiary/aromatic N) is 1. The van der Waals surface area contributed by atoms with Crippen LogP contribution in [0.2, 0.25) is 0 Å². The normalized spacial score (nSPS) is 15.9. The van der Waals surface area contributed by atoms with E-state index in [9.17, 15) is 4.39 Å². The molecule has 2 aromatic rings. The maximum Gasteiger partial charge on any atom is 0.146 e. The highest BCUT2D eigenvalue weighted by molar-refractivity contribution is 7.98. The molecule has 1 unspecified atom stereocenters. The summed E-state index contributed by atoms with van der Waals surface area (Å²) in [6.45, 7) is 2.86. The molecule has 3 rings (SSSR count). The van der Waals surface area contributed by atoms with Gasteiger partial charge in [0.25, 0.3) is 0 Å². The SMILES string of the molecule is CCNC(c1cc2c(s1)CCSC2)c1ccncc1F. The van der Waals surface area contributed by atoms with Crippen molar-refractivity contribution >= 4 is 23.1 Å². The molecule has 0 saturated carbocycles. The van der Waals surface area contributed by atoms with Crippen molar-refractivity contribution in [1.82, 2.24) is 10.3 Å². The smallest absolute Gasteiger partial charge is 0.146 e. The number of thiophene rings is 1. The molecule has 0 radical (unpaired) electrons. The van der Waals surface area contributed by atoms with Crippen molar-refractivity contribution in [2.24, 2.45) is 0 Å². The summed E-state index contributed by atoms with van der Waals surface area (Å²) in [4.78, 5) is 6.52. The van der Waals surface area contributed by atoms with Gasteiger partial charge in [-0.05, 0) is 36.4 Å². The van der Waals surface area contributed by atoms with E-state index >= 15 is 0 Å². The Balaban J connectivity index is 1.98. The minimum Gasteiger partial charge on any atom is -0.306 e. The first-order valence-electron chi connectivity index (χ1n) is 6.81. The van der Waals surface area contributed by atoms with E-state index in [1.165, 1.54) is 27.3 Å². The summed E-state index contributed by atoms with van der Waals surface area (Å²) < 4.78 is 14.0. The maximum atomic E-state index is 14.0. The number of halogens is 1. The molecule has 1 aliphatic rings. The van der Waals surface area contributed by atoms with Crippen LogP contribution in [0, 0.1) is 5.82 Å². The summed E-state index contributed by atoms with van der Waals surface area (Å²) in [6, 6.07) is 3.96. The number of aromatic nitrogens is 1. The predicted molar refractivity (Wildman–Crippen MR) is 83.9 cm³/mol. The number of rotatable bonds is 4. The zero-order chi connectivity index (χ0) is 13.9. The van der Waals surface area contributed by atoms with E-state index in [1.807, 2.05) is 23.1 Å². The van der Waals surface area contributed by atoms with Crippen LogP contribution in [0.1, 0.15) is 33.8 Å². The van der Waals surface area contributed by atoms with Gasteiger partial charge in [-0.3, -0.25) is 4.98 Å². The van der Waals surface area contributed by atoms with E-state index < -0.39 is 0 Å². The van der Waals surface area contributed by atoms with Gasteiger partial charge in [-0.25, -0.2) is 4.39 Å². The van der Waals surface area contributed by atoms with Crippen LogP contribution in [0.5, 0.6) is 0 Å². The number of hydrogen-bond donors (Lipinski definition) is 1. The molecule has 3 heterocycles. The molecule has 2 aromatic heterocycles. The summed E-state index contributed by atoms with van der Waals surface area (Å²) in [5.74, 6) is 2.05. The minimum absolute atomic E-state index is 0.0661. The van der Waals surface area contributed by atoms with Gasteiger partial charge in [0.1, 0.15) is 5.82 Å². The molecule has 0 saturated heterocycles. The highest BCUT2D eigenvalue weighted by atomic mass is 32.2. The standard InChI is InChI=1S/C15H17FN2S2/c1-2-18-15(11-3-5-17-8-12(11)16)14-7-10-9-19-6-4-13(10)20-14/h3,5,7-8,15,18H,2,4,6,9H2,1H3. The summed E-state index contributed by atoms with van der Waals surface area (Å²) in [7, 11) is 0. The molecular weight excluding hydrogens is 291 g/mol. The fraction of sp³-hybridized carbons (Fsp3) is 0.400. The van der Waals surface area contributed by atoms with Crippen molar-refractivity contribution in [2.45, 2.75) is 25.1 Å². The Kier molecular flexibility index (Phi) is 4.38. The molecule has 0 spiro atoms. The van der Waals surface area contributed by atoms with Crippen molar-refractivity contribution in [1.29, 1.82) is 0 Å². The molecule has 106 valence electrons. The molecule has 0 aliphatic carbocycles. The molecule has 1 atom stereocenters. The Morgan fingerprint density at radius 3 is 3.15 bits per heavy atom. The van der Waals surface area contributed by atoms with Crippen molar-refractivity contribution in [2.75, 3.05) is 12.3 Å². The van der Waals surface area contributed by atoms with Gasteiger partial charge in [-0.2, -0.15) is 11.8 Å². The van der Waals surface area contributed by atoms with E-state index in [4.69, 9.17) is 0 Å². The molecule has 1 aliphatic heterocycles. The van der Waals surface area contributed by atoms with Gasteiger partial charge in [0.2, 0.25) is 0 Å². The van der Waals surface area contributed by atoms with E-state index in [2.05, 4.69) is 23.3 Å². The van der Waals surface area contributed by atoms with Crippen molar-refractivity contribution < 1.29 is 4.39 Å². The fourth-order valence-corrected chi connectivity index (χ4v) is 4.97. The third-order valence-electron chi connectivity index (χ3n) is 3.45. The topological polar surface area (TPSA) is 24.9 Å². The largest absolute Gasteiger partial charge is 0.306 e. The number of fused-ring (bicyclic) bond motifs is 1. The van der Waals surface area contributed by atoms with Crippen LogP contribution in [-0.2, 0) is 12.2 Å². The van der Waals surface area contributed by atoms with Gasteiger partial charge in [-0.15, -0.1) is 11.3 Å². The van der Waals surface area contributed by atoms with Crippen LogP contribution >= 0.6 is 23.1 Å². The van der Waals surface area contributed by atoms with E-state index in [0.717, 1.165) is 18.7 Å². The number of thioether (sulfide) groups is 1. The zero-order valence-electron chi connectivity index (χ0n) is 11.4. The molecule has 0 aromatic carbocycles. The molecule has 5 heteroatoms.